The Morgan fingerprint density at radius 3 is 2.50 bits per heavy atom. The highest BCUT2D eigenvalue weighted by atomic mass is 35.5. The monoisotopic (exact) mass is 594 g/mol. The second-order valence-electron chi connectivity index (χ2n) is 10.7. The van der Waals surface area contributed by atoms with Gasteiger partial charge in [-0.3, -0.25) is 14.4 Å². The van der Waals surface area contributed by atoms with E-state index in [4.69, 9.17) is 27.9 Å². The fraction of sp³-hybridized carbons (Fsp3) is 0.147. The summed E-state index contributed by atoms with van der Waals surface area (Å²) in [6, 6.07) is 25.0. The van der Waals surface area contributed by atoms with Gasteiger partial charge in [-0.1, -0.05) is 77.8 Å². The van der Waals surface area contributed by atoms with Crippen molar-refractivity contribution < 1.29 is 19.1 Å². The first-order valence-corrected chi connectivity index (χ1v) is 14.2. The van der Waals surface area contributed by atoms with Gasteiger partial charge in [0.1, 0.15) is 17.2 Å². The molecule has 0 aromatic heterocycles. The average molecular weight is 595 g/mol. The van der Waals surface area contributed by atoms with Crippen LogP contribution in [0.5, 0.6) is 5.75 Å². The number of hydrogen-bond donors (Lipinski definition) is 1. The highest BCUT2D eigenvalue weighted by Crippen LogP contribution is 2.62. The van der Waals surface area contributed by atoms with Gasteiger partial charge in [0.2, 0.25) is 5.91 Å². The zero-order chi connectivity index (χ0) is 29.2. The summed E-state index contributed by atoms with van der Waals surface area (Å²) in [6.07, 6.45) is 3.74. The molecule has 1 N–H and O–H groups in total. The molecule has 3 heterocycles. The maximum Gasteiger partial charge on any atom is 0.238 e. The van der Waals surface area contributed by atoms with Crippen molar-refractivity contribution in [1.82, 2.24) is 4.90 Å². The standard InChI is InChI=1S/C34H24Cl2N2O4/c1-42-22-9-6-8-20(17-22)30(39)28-29(31(40)24-14-13-21(35)18-26(24)36)38-16-15-19-7-2-3-10-23(19)32(38)34(28)25-11-4-5-12-27(25)37-33(34)41/h2-18,28-29,32H,1H3,(H,37,41)/t28-,29+,32-,34-/m1/s1. The van der Waals surface area contributed by atoms with E-state index < -0.39 is 23.4 Å². The Kier molecular flexibility index (Phi) is 6.22. The lowest BCUT2D eigenvalue weighted by Gasteiger charge is -2.38. The van der Waals surface area contributed by atoms with Crippen molar-refractivity contribution in [3.8, 4) is 5.75 Å². The Morgan fingerprint density at radius 2 is 1.69 bits per heavy atom. The first-order chi connectivity index (χ1) is 20.4. The molecule has 0 bridgehead atoms. The Hall–Kier alpha value is -4.39. The number of methoxy groups -OCH3 is 1. The highest BCUT2D eigenvalue weighted by molar-refractivity contribution is 6.37. The van der Waals surface area contributed by atoms with E-state index in [0.29, 0.717) is 27.6 Å². The lowest BCUT2D eigenvalue weighted by atomic mass is 9.62. The van der Waals surface area contributed by atoms with Gasteiger partial charge in [-0.05, 0) is 59.2 Å². The topological polar surface area (TPSA) is 75.7 Å². The van der Waals surface area contributed by atoms with Crippen molar-refractivity contribution in [1.29, 1.82) is 0 Å². The molecule has 1 amide bonds. The SMILES string of the molecule is COc1cccc(C(=O)[C@H]2[C@@H](C(=O)c3ccc(Cl)cc3Cl)N3C=Cc4ccccc4[C@@H]3[C@]23C(=O)Nc2ccccc23)c1. The van der Waals surface area contributed by atoms with E-state index in [2.05, 4.69) is 5.32 Å². The maximum atomic E-state index is 14.9. The molecule has 6 nitrogen and oxygen atoms in total. The van der Waals surface area contributed by atoms with Crippen molar-refractivity contribution >= 4 is 52.4 Å². The minimum atomic E-state index is -1.43. The lowest BCUT2D eigenvalue weighted by molar-refractivity contribution is -0.122. The van der Waals surface area contributed by atoms with Gasteiger partial charge in [0.15, 0.2) is 11.6 Å². The highest BCUT2D eigenvalue weighted by Gasteiger charge is 2.70. The van der Waals surface area contributed by atoms with E-state index in [9.17, 15) is 14.4 Å². The first kappa shape index (κ1) is 26.5. The van der Waals surface area contributed by atoms with Gasteiger partial charge in [0.05, 0.1) is 24.1 Å². The predicted octanol–water partition coefficient (Wildman–Crippen LogP) is 6.98. The minimum Gasteiger partial charge on any atom is -0.497 e. The number of nitrogens with zero attached hydrogens (tertiary/aromatic N) is 1. The van der Waals surface area contributed by atoms with E-state index in [0.717, 1.165) is 11.1 Å². The summed E-state index contributed by atoms with van der Waals surface area (Å²) in [5.41, 5.74) is 2.20. The Balaban J connectivity index is 1.54. The summed E-state index contributed by atoms with van der Waals surface area (Å²) in [4.78, 5) is 45.9. The van der Waals surface area contributed by atoms with Gasteiger partial charge >= 0.3 is 0 Å². The zero-order valence-corrected chi connectivity index (χ0v) is 23.9. The molecule has 4 aromatic carbocycles. The summed E-state index contributed by atoms with van der Waals surface area (Å²) in [5, 5.41) is 3.61. The summed E-state index contributed by atoms with van der Waals surface area (Å²) in [7, 11) is 1.53. The first-order valence-electron chi connectivity index (χ1n) is 13.5. The lowest BCUT2D eigenvalue weighted by Crippen LogP contribution is -2.49. The Bertz CT molecular complexity index is 1840. The van der Waals surface area contributed by atoms with E-state index in [1.165, 1.54) is 13.2 Å². The summed E-state index contributed by atoms with van der Waals surface area (Å²) in [6.45, 7) is 0. The molecule has 208 valence electrons. The number of ketones is 2. The quantitative estimate of drug-likeness (QED) is 0.252. The third-order valence-corrected chi connectivity index (χ3v) is 9.22. The molecule has 0 radical (unpaired) electrons. The molecule has 7 rings (SSSR count). The molecule has 1 fully saturated rings. The number of fused-ring (bicyclic) bond motifs is 6. The number of carbonyl (C=O) groups is 3. The number of amides is 1. The van der Waals surface area contributed by atoms with Crippen LogP contribution in [0.2, 0.25) is 10.0 Å². The average Bonchev–Trinajstić information content (AvgIpc) is 3.48. The number of nitrogens with one attached hydrogen (secondary N) is 1. The normalized spacial score (nSPS) is 23.3. The Labute approximate surface area is 252 Å². The second-order valence-corrected chi connectivity index (χ2v) is 11.5. The van der Waals surface area contributed by atoms with Crippen LogP contribution in [0.4, 0.5) is 5.69 Å². The van der Waals surface area contributed by atoms with Gasteiger partial charge in [-0.15, -0.1) is 0 Å². The number of carbonyl (C=O) groups excluding carboxylic acids is 3. The van der Waals surface area contributed by atoms with Gasteiger partial charge < -0.3 is 15.0 Å². The van der Waals surface area contributed by atoms with Gasteiger partial charge in [-0.2, -0.15) is 0 Å². The van der Waals surface area contributed by atoms with Crippen molar-refractivity contribution in [3.05, 3.63) is 135 Å². The van der Waals surface area contributed by atoms with Crippen LogP contribution in [-0.2, 0) is 10.2 Å². The molecule has 0 unspecified atom stereocenters. The van der Waals surface area contributed by atoms with Gasteiger partial charge in [-0.25, -0.2) is 0 Å². The van der Waals surface area contributed by atoms with Crippen LogP contribution in [0.25, 0.3) is 6.08 Å². The van der Waals surface area contributed by atoms with Crippen LogP contribution in [-0.4, -0.2) is 35.5 Å². The summed E-state index contributed by atoms with van der Waals surface area (Å²) < 4.78 is 5.42. The molecule has 0 saturated carbocycles. The number of rotatable bonds is 5. The number of benzene rings is 4. The molecule has 1 saturated heterocycles. The molecule has 0 aliphatic carbocycles. The van der Waals surface area contributed by atoms with E-state index >= 15 is 0 Å². The van der Waals surface area contributed by atoms with Gasteiger partial charge in [0.25, 0.3) is 0 Å². The molecule has 3 aliphatic rings. The molecule has 42 heavy (non-hydrogen) atoms. The van der Waals surface area contributed by atoms with Crippen molar-refractivity contribution in [2.75, 3.05) is 12.4 Å². The van der Waals surface area contributed by atoms with Crippen LogP contribution < -0.4 is 10.1 Å². The van der Waals surface area contributed by atoms with Gasteiger partial charge in [0, 0.05) is 28.0 Å². The summed E-state index contributed by atoms with van der Waals surface area (Å²) >= 11 is 12.8. The van der Waals surface area contributed by atoms with E-state index in [-0.39, 0.29) is 28.1 Å². The molecular weight excluding hydrogens is 571 g/mol. The number of anilines is 1. The van der Waals surface area contributed by atoms with Crippen molar-refractivity contribution in [2.45, 2.75) is 17.5 Å². The second kappa shape index (κ2) is 9.86. The number of hydrogen-bond acceptors (Lipinski definition) is 5. The van der Waals surface area contributed by atoms with E-state index in [1.807, 2.05) is 65.7 Å². The Morgan fingerprint density at radius 1 is 0.905 bits per heavy atom. The maximum absolute atomic E-state index is 14.9. The van der Waals surface area contributed by atoms with Crippen LogP contribution in [0, 0.1) is 5.92 Å². The van der Waals surface area contributed by atoms with Crippen molar-refractivity contribution in [2.24, 2.45) is 5.92 Å². The van der Waals surface area contributed by atoms with E-state index in [1.54, 1.807) is 36.4 Å². The molecule has 4 atom stereocenters. The number of halogens is 2. The molecule has 8 heteroatoms. The summed E-state index contributed by atoms with van der Waals surface area (Å²) in [5.74, 6) is -1.67. The third-order valence-electron chi connectivity index (χ3n) is 8.67. The fourth-order valence-corrected chi connectivity index (χ4v) is 7.47. The predicted molar refractivity (Wildman–Crippen MR) is 162 cm³/mol. The van der Waals surface area contributed by atoms with Crippen LogP contribution in [0.15, 0.2) is 97.2 Å². The third kappa shape index (κ3) is 3.68. The van der Waals surface area contributed by atoms with Crippen molar-refractivity contribution in [3.63, 3.8) is 0 Å². The van der Waals surface area contributed by atoms with Crippen LogP contribution in [0.3, 0.4) is 0 Å². The number of para-hydroxylation sites is 1. The number of Topliss-reactive ketones (excluding diaryl/α,β-unsaturated/α-hetero) is 2. The molecular formula is C34H24Cl2N2O4. The van der Waals surface area contributed by atoms with Crippen LogP contribution in [0.1, 0.15) is 43.4 Å². The number of ether oxygens (including phenoxy) is 1. The zero-order valence-electron chi connectivity index (χ0n) is 22.4. The fourth-order valence-electron chi connectivity index (χ4n) is 6.97. The molecule has 4 aromatic rings. The smallest absolute Gasteiger partial charge is 0.238 e. The molecule has 1 spiro atoms. The minimum absolute atomic E-state index is 0.176. The van der Waals surface area contributed by atoms with Crippen LogP contribution >= 0.6 is 23.2 Å². The largest absolute Gasteiger partial charge is 0.497 e. The molecule has 3 aliphatic heterocycles.